The Hall–Kier alpha value is -1.51. The van der Waals surface area contributed by atoms with E-state index < -0.39 is 0 Å². The molecule has 1 fully saturated rings. The average Bonchev–Trinajstić information content (AvgIpc) is 2.37. The molecule has 2 rings (SSSR count). The monoisotopic (exact) mass is 261 g/mol. The number of benzene rings is 1. The second-order valence-electron chi connectivity index (χ2n) is 5.53. The molecule has 1 aromatic carbocycles. The first-order valence-electron chi connectivity index (χ1n) is 6.93. The molecule has 0 spiro atoms. The van der Waals surface area contributed by atoms with Gasteiger partial charge in [-0.2, -0.15) is 0 Å². The summed E-state index contributed by atoms with van der Waals surface area (Å²) < 4.78 is 4.84. The second-order valence-corrected chi connectivity index (χ2v) is 5.53. The highest BCUT2D eigenvalue weighted by molar-refractivity contribution is 5.73. The average molecular weight is 261 g/mol. The van der Waals surface area contributed by atoms with Crippen LogP contribution in [0.3, 0.4) is 0 Å². The summed E-state index contributed by atoms with van der Waals surface area (Å²) in [4.78, 5) is 14.0. The van der Waals surface area contributed by atoms with Crippen LogP contribution in [-0.2, 0) is 9.53 Å². The van der Waals surface area contributed by atoms with Crippen LogP contribution in [0, 0.1) is 26.7 Å². The molecule has 0 atom stereocenters. The van der Waals surface area contributed by atoms with Crippen LogP contribution in [0.4, 0.5) is 5.69 Å². The Bertz CT molecular complexity index is 451. The lowest BCUT2D eigenvalue weighted by atomic mass is 9.95. The number of anilines is 1. The second kappa shape index (κ2) is 5.64. The highest BCUT2D eigenvalue weighted by atomic mass is 16.5. The summed E-state index contributed by atoms with van der Waals surface area (Å²) in [6.07, 6.45) is 1.78. The topological polar surface area (TPSA) is 29.5 Å². The molecule has 0 bridgehead atoms. The fourth-order valence-electron chi connectivity index (χ4n) is 3.18. The molecule has 19 heavy (non-hydrogen) atoms. The third kappa shape index (κ3) is 2.91. The molecular weight excluding hydrogens is 238 g/mol. The summed E-state index contributed by atoms with van der Waals surface area (Å²) in [5, 5.41) is 0. The lowest BCUT2D eigenvalue weighted by Gasteiger charge is -2.34. The molecule has 0 radical (unpaired) electrons. The van der Waals surface area contributed by atoms with E-state index in [9.17, 15) is 4.79 Å². The van der Waals surface area contributed by atoms with E-state index in [1.54, 1.807) is 0 Å². The van der Waals surface area contributed by atoms with Crippen LogP contribution in [0.15, 0.2) is 12.1 Å². The van der Waals surface area contributed by atoms with Gasteiger partial charge >= 0.3 is 5.97 Å². The molecule has 0 amide bonds. The number of ether oxygens (including phenoxy) is 1. The molecule has 104 valence electrons. The summed E-state index contributed by atoms with van der Waals surface area (Å²) in [5.41, 5.74) is 5.31. The number of hydrogen-bond donors (Lipinski definition) is 0. The molecule has 1 saturated heterocycles. The molecule has 0 N–H and O–H groups in total. The smallest absolute Gasteiger partial charge is 0.308 e. The Morgan fingerprint density at radius 1 is 1.16 bits per heavy atom. The van der Waals surface area contributed by atoms with Crippen molar-refractivity contribution < 1.29 is 9.53 Å². The maximum absolute atomic E-state index is 11.5. The van der Waals surface area contributed by atoms with Crippen LogP contribution in [0.5, 0.6) is 0 Å². The van der Waals surface area contributed by atoms with E-state index in [0.717, 1.165) is 25.9 Å². The minimum atomic E-state index is -0.0583. The zero-order valence-corrected chi connectivity index (χ0v) is 12.3. The molecule has 3 heteroatoms. The lowest BCUT2D eigenvalue weighted by molar-refractivity contribution is -0.146. The van der Waals surface area contributed by atoms with Gasteiger partial charge in [-0.3, -0.25) is 4.79 Å². The van der Waals surface area contributed by atoms with E-state index >= 15 is 0 Å². The molecular formula is C16H23NO2. The van der Waals surface area contributed by atoms with Crippen LogP contribution in [0.2, 0.25) is 0 Å². The predicted octanol–water partition coefficient (Wildman–Crippen LogP) is 3.00. The first kappa shape index (κ1) is 13.9. The summed E-state index contributed by atoms with van der Waals surface area (Å²) in [6, 6.07) is 4.46. The number of esters is 1. The van der Waals surface area contributed by atoms with Crippen molar-refractivity contribution >= 4 is 11.7 Å². The minimum absolute atomic E-state index is 0.0583. The first-order chi connectivity index (χ1) is 9.02. The summed E-state index contributed by atoms with van der Waals surface area (Å²) in [5.74, 6) is 0.0179. The number of piperidine rings is 1. The number of carbonyl (C=O) groups excluding carboxylic acids is 1. The molecule has 1 aliphatic heterocycles. The Kier molecular flexibility index (Phi) is 4.13. The fourth-order valence-corrected chi connectivity index (χ4v) is 3.18. The van der Waals surface area contributed by atoms with Crippen molar-refractivity contribution in [2.24, 2.45) is 5.92 Å². The Morgan fingerprint density at radius 2 is 1.68 bits per heavy atom. The van der Waals surface area contributed by atoms with Gasteiger partial charge in [-0.1, -0.05) is 17.7 Å². The van der Waals surface area contributed by atoms with Crippen molar-refractivity contribution in [1.29, 1.82) is 0 Å². The SMILES string of the molecule is COC(=O)C1CCN(c2c(C)cc(C)cc2C)CC1. The van der Waals surface area contributed by atoms with Gasteiger partial charge in [-0.25, -0.2) is 0 Å². The molecule has 1 heterocycles. The van der Waals surface area contributed by atoms with E-state index in [4.69, 9.17) is 4.74 Å². The van der Waals surface area contributed by atoms with Gasteiger partial charge < -0.3 is 9.64 Å². The number of hydrogen-bond acceptors (Lipinski definition) is 3. The third-order valence-electron chi connectivity index (χ3n) is 3.98. The van der Waals surface area contributed by atoms with Crippen LogP contribution < -0.4 is 4.90 Å². The molecule has 0 aromatic heterocycles. The van der Waals surface area contributed by atoms with E-state index in [1.807, 2.05) is 0 Å². The Labute approximate surface area is 115 Å². The van der Waals surface area contributed by atoms with Crippen molar-refractivity contribution in [3.8, 4) is 0 Å². The Morgan fingerprint density at radius 3 is 2.16 bits per heavy atom. The summed E-state index contributed by atoms with van der Waals surface area (Å²) in [7, 11) is 1.48. The number of aryl methyl sites for hydroxylation is 3. The molecule has 0 aliphatic carbocycles. The lowest BCUT2D eigenvalue weighted by Crippen LogP contribution is -2.37. The van der Waals surface area contributed by atoms with Gasteiger partial charge in [0.25, 0.3) is 0 Å². The van der Waals surface area contributed by atoms with Gasteiger partial charge in [0.1, 0.15) is 0 Å². The Balaban J connectivity index is 2.12. The van der Waals surface area contributed by atoms with Crippen molar-refractivity contribution in [2.45, 2.75) is 33.6 Å². The molecule has 1 aliphatic rings. The van der Waals surface area contributed by atoms with Gasteiger partial charge in [-0.15, -0.1) is 0 Å². The maximum Gasteiger partial charge on any atom is 0.308 e. The zero-order valence-electron chi connectivity index (χ0n) is 12.3. The van der Waals surface area contributed by atoms with Crippen LogP contribution in [-0.4, -0.2) is 26.2 Å². The van der Waals surface area contributed by atoms with E-state index in [1.165, 1.54) is 29.5 Å². The number of nitrogens with zero attached hydrogens (tertiary/aromatic N) is 1. The van der Waals surface area contributed by atoms with Crippen molar-refractivity contribution in [3.63, 3.8) is 0 Å². The van der Waals surface area contributed by atoms with Gasteiger partial charge in [0.05, 0.1) is 13.0 Å². The van der Waals surface area contributed by atoms with Gasteiger partial charge in [-0.05, 0) is 44.7 Å². The largest absolute Gasteiger partial charge is 0.469 e. The number of rotatable bonds is 2. The van der Waals surface area contributed by atoms with Gasteiger partial charge in [0.2, 0.25) is 0 Å². The van der Waals surface area contributed by atoms with Crippen LogP contribution in [0.25, 0.3) is 0 Å². The van der Waals surface area contributed by atoms with Crippen molar-refractivity contribution in [3.05, 3.63) is 28.8 Å². The standard InChI is InChI=1S/C16H23NO2/c1-11-9-12(2)15(13(3)10-11)17-7-5-14(6-8-17)16(18)19-4/h9-10,14H,5-8H2,1-4H3. The normalized spacial score (nSPS) is 16.5. The zero-order chi connectivity index (χ0) is 14.0. The quantitative estimate of drug-likeness (QED) is 0.766. The van der Waals surface area contributed by atoms with Crippen molar-refractivity contribution in [1.82, 2.24) is 0 Å². The summed E-state index contributed by atoms with van der Waals surface area (Å²) >= 11 is 0. The van der Waals surface area contributed by atoms with Crippen molar-refractivity contribution in [2.75, 3.05) is 25.1 Å². The van der Waals surface area contributed by atoms with E-state index in [0.29, 0.717) is 0 Å². The summed E-state index contributed by atoms with van der Waals surface area (Å²) in [6.45, 7) is 8.34. The highest BCUT2D eigenvalue weighted by Gasteiger charge is 2.26. The molecule has 0 unspecified atom stereocenters. The fraction of sp³-hybridized carbons (Fsp3) is 0.562. The minimum Gasteiger partial charge on any atom is -0.469 e. The molecule has 1 aromatic rings. The first-order valence-corrected chi connectivity index (χ1v) is 6.93. The molecule has 0 saturated carbocycles. The molecule has 3 nitrogen and oxygen atoms in total. The number of carbonyl (C=O) groups is 1. The van der Waals surface area contributed by atoms with Crippen LogP contribution in [0.1, 0.15) is 29.5 Å². The third-order valence-corrected chi connectivity index (χ3v) is 3.98. The van der Waals surface area contributed by atoms with E-state index in [2.05, 4.69) is 37.8 Å². The van der Waals surface area contributed by atoms with Gasteiger partial charge in [0.15, 0.2) is 0 Å². The van der Waals surface area contributed by atoms with Gasteiger partial charge in [0, 0.05) is 18.8 Å². The number of methoxy groups -OCH3 is 1. The maximum atomic E-state index is 11.5. The highest BCUT2D eigenvalue weighted by Crippen LogP contribution is 2.30. The van der Waals surface area contributed by atoms with E-state index in [-0.39, 0.29) is 11.9 Å². The van der Waals surface area contributed by atoms with Crippen LogP contribution >= 0.6 is 0 Å². The predicted molar refractivity (Wildman–Crippen MR) is 77.6 cm³/mol.